The number of rotatable bonds is 7. The van der Waals surface area contributed by atoms with Crippen molar-refractivity contribution in [3.8, 4) is 5.75 Å². The van der Waals surface area contributed by atoms with E-state index in [0.717, 1.165) is 11.3 Å². The number of fused-ring (bicyclic) bond motifs is 2. The van der Waals surface area contributed by atoms with Gasteiger partial charge in [-0.15, -0.1) is 0 Å². The molecule has 10 heteroatoms. The largest absolute Gasteiger partial charge is 0.493 e. The van der Waals surface area contributed by atoms with E-state index in [1.54, 1.807) is 23.8 Å². The molecule has 1 aromatic rings. The Hall–Kier alpha value is -3.14. The van der Waals surface area contributed by atoms with Crippen LogP contribution in [0.3, 0.4) is 0 Å². The second-order valence-electron chi connectivity index (χ2n) is 12.3. The first-order valence-electron chi connectivity index (χ1n) is 14.6. The fourth-order valence-electron chi connectivity index (χ4n) is 6.23. The Morgan fingerprint density at radius 3 is 2.48 bits per heavy atom. The predicted octanol–water partition coefficient (Wildman–Crippen LogP) is 2.14. The molecule has 3 heterocycles. The average Bonchev–Trinajstić information content (AvgIpc) is 3.33. The number of likely N-dealkylation sites (N-methyl/N-ethyl adjacent to an activating group) is 1. The van der Waals surface area contributed by atoms with Crippen LogP contribution < -0.4 is 20.7 Å². The van der Waals surface area contributed by atoms with Crippen LogP contribution in [-0.2, 0) is 19.2 Å². The molecule has 0 radical (unpaired) electrons. The quantitative estimate of drug-likeness (QED) is 0.474. The molecule has 220 valence electrons. The van der Waals surface area contributed by atoms with Gasteiger partial charge in [-0.3, -0.25) is 19.2 Å². The Balaban J connectivity index is 1.63. The third-order valence-electron chi connectivity index (χ3n) is 8.67. The minimum Gasteiger partial charge on any atom is -0.493 e. The minimum atomic E-state index is -1.01. The van der Waals surface area contributed by atoms with Gasteiger partial charge in [-0.25, -0.2) is 0 Å². The lowest BCUT2D eigenvalue weighted by atomic mass is 9.87. The van der Waals surface area contributed by atoms with Gasteiger partial charge in [-0.1, -0.05) is 32.0 Å². The van der Waals surface area contributed by atoms with Gasteiger partial charge in [0.1, 0.15) is 17.8 Å². The van der Waals surface area contributed by atoms with Crippen molar-refractivity contribution in [2.24, 2.45) is 5.92 Å². The van der Waals surface area contributed by atoms with E-state index in [0.29, 0.717) is 45.3 Å². The third kappa shape index (κ3) is 5.96. The zero-order valence-electron chi connectivity index (χ0n) is 24.7. The molecule has 3 N–H and O–H groups in total. The lowest BCUT2D eigenvalue weighted by molar-refractivity contribution is -0.154. The van der Waals surface area contributed by atoms with E-state index in [1.165, 1.54) is 0 Å². The molecule has 3 aliphatic heterocycles. The van der Waals surface area contributed by atoms with Crippen LogP contribution in [0.4, 0.5) is 0 Å². The summed E-state index contributed by atoms with van der Waals surface area (Å²) in [5, 5.41) is 9.05. The van der Waals surface area contributed by atoms with Crippen LogP contribution in [0, 0.1) is 5.92 Å². The molecule has 4 rings (SSSR count). The van der Waals surface area contributed by atoms with Crippen LogP contribution in [0.2, 0.25) is 0 Å². The first kappa shape index (κ1) is 29.8. The van der Waals surface area contributed by atoms with E-state index in [-0.39, 0.29) is 41.6 Å². The molecule has 0 saturated carbocycles. The van der Waals surface area contributed by atoms with Gasteiger partial charge in [-0.2, -0.15) is 0 Å². The van der Waals surface area contributed by atoms with Crippen LogP contribution in [-0.4, -0.2) is 83.3 Å². The maximum atomic E-state index is 14.4. The number of nitrogens with one attached hydrogen (secondary N) is 3. The van der Waals surface area contributed by atoms with Crippen LogP contribution >= 0.6 is 0 Å². The van der Waals surface area contributed by atoms with Crippen LogP contribution in [0.15, 0.2) is 24.3 Å². The highest BCUT2D eigenvalue weighted by molar-refractivity contribution is 5.95. The number of benzene rings is 1. The number of hydrogen-bond donors (Lipinski definition) is 3. The van der Waals surface area contributed by atoms with Crippen LogP contribution in [0.25, 0.3) is 0 Å². The molecule has 10 nitrogen and oxygen atoms in total. The van der Waals surface area contributed by atoms with Crippen molar-refractivity contribution in [2.75, 3.05) is 20.2 Å². The van der Waals surface area contributed by atoms with Gasteiger partial charge < -0.3 is 30.5 Å². The maximum Gasteiger partial charge on any atom is 0.248 e. The van der Waals surface area contributed by atoms with Gasteiger partial charge in [0.25, 0.3) is 0 Å². The van der Waals surface area contributed by atoms with E-state index in [1.807, 2.05) is 52.0 Å². The van der Waals surface area contributed by atoms with Crippen molar-refractivity contribution < 1.29 is 23.9 Å². The lowest BCUT2D eigenvalue weighted by Gasteiger charge is -2.49. The summed E-state index contributed by atoms with van der Waals surface area (Å²) >= 11 is 0. The fourth-order valence-corrected chi connectivity index (χ4v) is 6.23. The van der Waals surface area contributed by atoms with Gasteiger partial charge in [-0.05, 0) is 59.1 Å². The number of carbonyl (C=O) groups is 4. The summed E-state index contributed by atoms with van der Waals surface area (Å²) in [5.41, 5.74) is -0.0669. The minimum absolute atomic E-state index is 0.0346. The Morgan fingerprint density at radius 1 is 1.05 bits per heavy atom. The zero-order chi connectivity index (χ0) is 29.2. The summed E-state index contributed by atoms with van der Waals surface area (Å²) in [7, 11) is 1.68. The first-order chi connectivity index (χ1) is 18.9. The Kier molecular flexibility index (Phi) is 9.07. The van der Waals surface area contributed by atoms with Crippen molar-refractivity contribution in [1.82, 2.24) is 25.8 Å². The van der Waals surface area contributed by atoms with Gasteiger partial charge in [0.15, 0.2) is 0 Å². The van der Waals surface area contributed by atoms with Crippen molar-refractivity contribution >= 4 is 23.6 Å². The van der Waals surface area contributed by atoms with E-state index in [9.17, 15) is 19.2 Å². The summed E-state index contributed by atoms with van der Waals surface area (Å²) in [6.07, 6.45) is 2.77. The zero-order valence-corrected chi connectivity index (χ0v) is 24.7. The molecule has 0 aliphatic carbocycles. The summed E-state index contributed by atoms with van der Waals surface area (Å²) in [6.45, 7) is 10.3. The van der Waals surface area contributed by atoms with Crippen molar-refractivity contribution in [3.63, 3.8) is 0 Å². The number of ether oxygens (including phenoxy) is 1. The summed E-state index contributed by atoms with van der Waals surface area (Å²) in [5.74, 6) is 0.0400. The summed E-state index contributed by atoms with van der Waals surface area (Å²) < 4.78 is 5.76. The molecule has 5 atom stereocenters. The van der Waals surface area contributed by atoms with E-state index in [2.05, 4.69) is 16.0 Å². The monoisotopic (exact) mass is 555 g/mol. The number of hydrogen-bond acceptors (Lipinski definition) is 6. The van der Waals surface area contributed by atoms with Crippen molar-refractivity contribution in [3.05, 3.63) is 29.8 Å². The van der Waals surface area contributed by atoms with Gasteiger partial charge >= 0.3 is 0 Å². The highest BCUT2D eigenvalue weighted by Gasteiger charge is 2.52. The first-order valence-corrected chi connectivity index (χ1v) is 14.6. The molecule has 4 amide bonds. The summed E-state index contributed by atoms with van der Waals surface area (Å²) in [6, 6.07) is 5.10. The molecule has 0 aromatic heterocycles. The number of carbonyl (C=O) groups excluding carboxylic acids is 4. The molecular weight excluding hydrogens is 510 g/mol. The highest BCUT2D eigenvalue weighted by Crippen LogP contribution is 2.36. The second kappa shape index (κ2) is 12.2. The molecule has 40 heavy (non-hydrogen) atoms. The topological polar surface area (TPSA) is 120 Å². The number of amides is 4. The van der Waals surface area contributed by atoms with Gasteiger partial charge in [0, 0.05) is 31.0 Å². The van der Waals surface area contributed by atoms with Gasteiger partial charge in [0.05, 0.1) is 24.2 Å². The van der Waals surface area contributed by atoms with Crippen molar-refractivity contribution in [1.29, 1.82) is 0 Å². The molecule has 3 aliphatic rings. The normalized spacial score (nSPS) is 26.6. The second-order valence-corrected chi connectivity index (χ2v) is 12.3. The van der Waals surface area contributed by atoms with Crippen molar-refractivity contribution in [2.45, 2.75) is 102 Å². The lowest BCUT2D eigenvalue weighted by Crippen LogP contribution is -2.70. The van der Waals surface area contributed by atoms with E-state index in [4.69, 9.17) is 4.74 Å². The SMILES string of the molecule is CN[C@@H](C)C(=O)N[C@@H]1C(=O)N2[C@H](CC[C@H]2C(=O)N[C@@H]2CCOc3ccccc32)CCN(C(=O)CC(C)C)C1(C)C. The van der Waals surface area contributed by atoms with Gasteiger partial charge in [0.2, 0.25) is 23.6 Å². The molecule has 0 bridgehead atoms. The Bertz CT molecular complexity index is 1120. The predicted molar refractivity (Wildman–Crippen MR) is 151 cm³/mol. The molecule has 0 unspecified atom stereocenters. The number of nitrogens with zero attached hydrogens (tertiary/aromatic N) is 2. The maximum absolute atomic E-state index is 14.4. The summed E-state index contributed by atoms with van der Waals surface area (Å²) in [4.78, 5) is 58.1. The van der Waals surface area contributed by atoms with Crippen LogP contribution in [0.1, 0.15) is 78.3 Å². The molecule has 2 fully saturated rings. The Labute approximate surface area is 237 Å². The Morgan fingerprint density at radius 2 is 1.77 bits per heavy atom. The molecular formula is C30H45N5O5. The highest BCUT2D eigenvalue weighted by atomic mass is 16.5. The molecule has 2 saturated heterocycles. The standard InChI is InChI=1S/C30H45N5O5/c1-18(2)17-25(36)34-15-13-20-11-12-23(28(38)32-22-14-16-40-24-10-8-7-9-21(22)24)35(20)29(39)26(30(34,4)5)33-27(37)19(3)31-6/h7-10,18-20,22-23,26,31H,11-17H2,1-6H3,(H,32,38)(H,33,37)/t19-,20+,22+,23-,26+/m0/s1. The third-order valence-corrected chi connectivity index (χ3v) is 8.67. The van der Waals surface area contributed by atoms with E-state index >= 15 is 0 Å². The average molecular weight is 556 g/mol. The molecule has 0 spiro atoms. The number of para-hydroxylation sites is 1. The fraction of sp³-hybridized carbons (Fsp3) is 0.667. The van der Waals surface area contributed by atoms with Crippen LogP contribution in [0.5, 0.6) is 5.75 Å². The van der Waals surface area contributed by atoms with E-state index < -0.39 is 23.7 Å². The molecule has 1 aromatic carbocycles. The smallest absolute Gasteiger partial charge is 0.248 e.